The molecule has 0 aliphatic carbocycles. The van der Waals surface area contributed by atoms with E-state index in [1.165, 1.54) is 0 Å². The van der Waals surface area contributed by atoms with Gasteiger partial charge in [0, 0.05) is 13.1 Å². The highest BCUT2D eigenvalue weighted by Gasteiger charge is 1.94. The highest BCUT2D eigenvalue weighted by atomic mass is 15.2. The first-order valence-electron chi connectivity index (χ1n) is 3.55. The molecule has 0 spiro atoms. The van der Waals surface area contributed by atoms with E-state index in [9.17, 15) is 0 Å². The topological polar surface area (TPSA) is 27.6 Å². The van der Waals surface area contributed by atoms with Crippen LogP contribution in [0.4, 0.5) is 0 Å². The van der Waals surface area contributed by atoms with Crippen molar-refractivity contribution >= 4 is 6.34 Å². The highest BCUT2D eigenvalue weighted by Crippen LogP contribution is 1.87. The monoisotopic (exact) mass is 143 g/mol. The summed E-state index contributed by atoms with van der Waals surface area (Å²) in [6, 6.07) is 0.528. The Labute approximate surface area is 63.1 Å². The van der Waals surface area contributed by atoms with Crippen LogP contribution in [0.15, 0.2) is 4.99 Å². The first-order valence-corrected chi connectivity index (χ1v) is 3.55. The second kappa shape index (κ2) is 5.23. The summed E-state index contributed by atoms with van der Waals surface area (Å²) in [5, 5.41) is 2.94. The molecule has 0 heterocycles. The van der Waals surface area contributed by atoms with Gasteiger partial charge in [-0.2, -0.15) is 0 Å². The number of nitrogens with zero attached hydrogens (tertiary/aromatic N) is 2. The number of nitrogens with one attached hydrogen (secondary N) is 1. The zero-order valence-corrected chi connectivity index (χ0v) is 7.26. The van der Waals surface area contributed by atoms with E-state index in [0.717, 1.165) is 0 Å². The average Bonchev–Trinajstić information content (AvgIpc) is 1.88. The zero-order valence-electron chi connectivity index (χ0n) is 7.26. The van der Waals surface area contributed by atoms with Crippen LogP contribution in [-0.2, 0) is 0 Å². The van der Waals surface area contributed by atoms with E-state index in [2.05, 4.69) is 29.1 Å². The lowest BCUT2D eigenvalue weighted by Gasteiger charge is -2.16. The van der Waals surface area contributed by atoms with Crippen molar-refractivity contribution in [2.75, 3.05) is 20.8 Å². The SMILES string of the molecule is CNCN=CN(C)C(C)C. The summed E-state index contributed by atoms with van der Waals surface area (Å²) >= 11 is 0. The number of hydrogen-bond acceptors (Lipinski definition) is 2. The maximum Gasteiger partial charge on any atom is 0.0899 e. The van der Waals surface area contributed by atoms with E-state index in [1.807, 2.05) is 20.4 Å². The van der Waals surface area contributed by atoms with Gasteiger partial charge in [0.05, 0.1) is 13.0 Å². The van der Waals surface area contributed by atoms with Gasteiger partial charge in [-0.3, -0.25) is 4.99 Å². The lowest BCUT2D eigenvalue weighted by Crippen LogP contribution is -2.25. The quantitative estimate of drug-likeness (QED) is 0.459. The van der Waals surface area contributed by atoms with Crippen LogP contribution in [-0.4, -0.2) is 38.0 Å². The molecule has 0 bridgehead atoms. The van der Waals surface area contributed by atoms with Crippen molar-refractivity contribution in [1.82, 2.24) is 10.2 Å². The fourth-order valence-electron chi connectivity index (χ4n) is 0.394. The minimum Gasteiger partial charge on any atom is -0.364 e. The summed E-state index contributed by atoms with van der Waals surface area (Å²) in [6.07, 6.45) is 1.85. The Bertz CT molecular complexity index is 99.0. The number of rotatable bonds is 4. The van der Waals surface area contributed by atoms with E-state index >= 15 is 0 Å². The lowest BCUT2D eigenvalue weighted by atomic mass is 10.4. The molecular weight excluding hydrogens is 126 g/mol. The molecule has 0 aromatic rings. The summed E-state index contributed by atoms with van der Waals surface area (Å²) in [5.41, 5.74) is 0. The second-order valence-corrected chi connectivity index (χ2v) is 2.57. The van der Waals surface area contributed by atoms with Crippen molar-refractivity contribution < 1.29 is 0 Å². The zero-order chi connectivity index (χ0) is 7.98. The largest absolute Gasteiger partial charge is 0.364 e. The standard InChI is InChI=1S/C7H17N3/c1-7(2)10(4)6-9-5-8-3/h6-8H,5H2,1-4H3. The van der Waals surface area contributed by atoms with Crippen LogP contribution >= 0.6 is 0 Å². The van der Waals surface area contributed by atoms with Crippen molar-refractivity contribution in [3.05, 3.63) is 0 Å². The van der Waals surface area contributed by atoms with Gasteiger partial charge in [-0.05, 0) is 20.9 Å². The summed E-state index contributed by atoms with van der Waals surface area (Å²) in [5.74, 6) is 0. The fourth-order valence-corrected chi connectivity index (χ4v) is 0.394. The van der Waals surface area contributed by atoms with Crippen LogP contribution in [0.5, 0.6) is 0 Å². The molecule has 1 N–H and O–H groups in total. The van der Waals surface area contributed by atoms with Crippen LogP contribution in [0.25, 0.3) is 0 Å². The first-order chi connectivity index (χ1) is 4.68. The van der Waals surface area contributed by atoms with Crippen LogP contribution in [0, 0.1) is 0 Å². The Morgan fingerprint density at radius 1 is 1.60 bits per heavy atom. The Kier molecular flexibility index (Phi) is 4.94. The van der Waals surface area contributed by atoms with Crippen molar-refractivity contribution in [3.8, 4) is 0 Å². The fraction of sp³-hybridized carbons (Fsp3) is 0.857. The molecule has 0 saturated carbocycles. The molecule has 0 unspecified atom stereocenters. The molecule has 10 heavy (non-hydrogen) atoms. The maximum absolute atomic E-state index is 4.10. The Morgan fingerprint density at radius 3 is 2.60 bits per heavy atom. The van der Waals surface area contributed by atoms with Gasteiger partial charge in [0.2, 0.25) is 0 Å². The molecule has 0 aliphatic rings. The Hall–Kier alpha value is -0.570. The molecular formula is C7H17N3. The van der Waals surface area contributed by atoms with E-state index in [-0.39, 0.29) is 0 Å². The molecule has 0 aliphatic heterocycles. The summed E-state index contributed by atoms with van der Waals surface area (Å²) in [6.45, 7) is 4.95. The van der Waals surface area contributed by atoms with Gasteiger partial charge in [0.25, 0.3) is 0 Å². The van der Waals surface area contributed by atoms with Crippen molar-refractivity contribution in [2.24, 2.45) is 4.99 Å². The van der Waals surface area contributed by atoms with Gasteiger partial charge in [-0.15, -0.1) is 0 Å². The minimum atomic E-state index is 0.528. The molecule has 0 aromatic heterocycles. The number of aliphatic imine (C=N–C) groups is 1. The molecule has 0 rings (SSSR count). The third-order valence-corrected chi connectivity index (χ3v) is 1.33. The summed E-state index contributed by atoms with van der Waals surface area (Å²) in [7, 11) is 3.90. The summed E-state index contributed by atoms with van der Waals surface area (Å²) < 4.78 is 0. The van der Waals surface area contributed by atoms with Crippen LogP contribution in [0.3, 0.4) is 0 Å². The van der Waals surface area contributed by atoms with E-state index < -0.39 is 0 Å². The van der Waals surface area contributed by atoms with Crippen molar-refractivity contribution in [2.45, 2.75) is 19.9 Å². The van der Waals surface area contributed by atoms with Gasteiger partial charge in [0.15, 0.2) is 0 Å². The molecule has 0 fully saturated rings. The molecule has 0 amide bonds. The van der Waals surface area contributed by atoms with Crippen molar-refractivity contribution in [1.29, 1.82) is 0 Å². The molecule has 3 nitrogen and oxygen atoms in total. The van der Waals surface area contributed by atoms with E-state index in [0.29, 0.717) is 12.7 Å². The van der Waals surface area contributed by atoms with Crippen LogP contribution in [0.1, 0.15) is 13.8 Å². The second-order valence-electron chi connectivity index (χ2n) is 2.57. The lowest BCUT2D eigenvalue weighted by molar-refractivity contribution is 0.427. The van der Waals surface area contributed by atoms with E-state index in [1.54, 1.807) is 0 Å². The molecule has 0 aromatic carbocycles. The minimum absolute atomic E-state index is 0.528. The maximum atomic E-state index is 4.10. The third-order valence-electron chi connectivity index (χ3n) is 1.33. The van der Waals surface area contributed by atoms with E-state index in [4.69, 9.17) is 0 Å². The summed E-state index contributed by atoms with van der Waals surface area (Å²) in [4.78, 5) is 6.17. The predicted molar refractivity (Wildman–Crippen MR) is 45.3 cm³/mol. The van der Waals surface area contributed by atoms with Crippen LogP contribution in [0.2, 0.25) is 0 Å². The number of hydrogen-bond donors (Lipinski definition) is 1. The van der Waals surface area contributed by atoms with Gasteiger partial charge in [-0.25, -0.2) is 0 Å². The Morgan fingerprint density at radius 2 is 2.20 bits per heavy atom. The highest BCUT2D eigenvalue weighted by molar-refractivity contribution is 5.54. The molecule has 0 radical (unpaired) electrons. The van der Waals surface area contributed by atoms with Gasteiger partial charge >= 0.3 is 0 Å². The van der Waals surface area contributed by atoms with Gasteiger partial charge < -0.3 is 10.2 Å². The van der Waals surface area contributed by atoms with Gasteiger partial charge in [-0.1, -0.05) is 0 Å². The predicted octanol–water partition coefficient (Wildman–Crippen LogP) is 0.532. The average molecular weight is 143 g/mol. The van der Waals surface area contributed by atoms with Crippen molar-refractivity contribution in [3.63, 3.8) is 0 Å². The molecule has 3 heteroatoms. The molecule has 60 valence electrons. The molecule has 0 atom stereocenters. The molecule has 0 saturated heterocycles. The third kappa shape index (κ3) is 4.32. The normalized spacial score (nSPS) is 11.3. The first kappa shape index (κ1) is 9.43. The Balaban J connectivity index is 3.45. The van der Waals surface area contributed by atoms with Crippen LogP contribution < -0.4 is 5.32 Å². The van der Waals surface area contributed by atoms with Gasteiger partial charge in [0.1, 0.15) is 0 Å². The smallest absolute Gasteiger partial charge is 0.0899 e.